The van der Waals surface area contributed by atoms with Gasteiger partial charge in [0.2, 0.25) is 5.91 Å². The topological polar surface area (TPSA) is 32.8 Å². The van der Waals surface area contributed by atoms with E-state index < -0.39 is 0 Å². The fourth-order valence-corrected chi connectivity index (χ4v) is 3.92. The van der Waals surface area contributed by atoms with Gasteiger partial charge in [-0.3, -0.25) is 9.69 Å². The van der Waals surface area contributed by atoms with Gasteiger partial charge in [-0.05, 0) is 56.0 Å². The molecule has 0 aliphatic carbocycles. The van der Waals surface area contributed by atoms with E-state index in [1.54, 1.807) is 18.2 Å². The molecule has 0 atom stereocenters. The zero-order chi connectivity index (χ0) is 18.4. The number of amides is 1. The molecule has 2 aliphatic rings. The number of piperidine rings is 1. The smallest absolute Gasteiger partial charge is 0.246 e. The first-order valence-electron chi connectivity index (χ1n) is 9.34. The Kier molecular flexibility index (Phi) is 7.23. The molecule has 0 saturated carbocycles. The Bertz CT molecular complexity index is 639. The number of ether oxygens (including phenoxy) is 1. The molecule has 1 aromatic rings. The van der Waals surface area contributed by atoms with Crippen LogP contribution in [0.2, 0.25) is 0 Å². The molecule has 2 saturated heterocycles. The molecule has 0 spiro atoms. The minimum absolute atomic E-state index is 0.0315. The first-order valence-corrected chi connectivity index (χ1v) is 10.1. The maximum atomic E-state index is 13.7. The van der Waals surface area contributed by atoms with Gasteiger partial charge in [-0.1, -0.05) is 15.9 Å². The van der Waals surface area contributed by atoms with E-state index in [9.17, 15) is 9.18 Å². The second-order valence-electron chi connectivity index (χ2n) is 7.01. The van der Waals surface area contributed by atoms with Gasteiger partial charge in [-0.25, -0.2) is 4.39 Å². The summed E-state index contributed by atoms with van der Waals surface area (Å²) in [6, 6.07) is 4.72. The van der Waals surface area contributed by atoms with Crippen molar-refractivity contribution in [3.05, 3.63) is 40.1 Å². The lowest BCUT2D eigenvalue weighted by Gasteiger charge is -2.33. The molecule has 1 aromatic carbocycles. The number of rotatable bonds is 5. The number of benzene rings is 1. The van der Waals surface area contributed by atoms with E-state index in [0.29, 0.717) is 11.5 Å². The van der Waals surface area contributed by atoms with Gasteiger partial charge in [0.05, 0.1) is 13.2 Å². The van der Waals surface area contributed by atoms with Crippen molar-refractivity contribution in [3.63, 3.8) is 0 Å². The summed E-state index contributed by atoms with van der Waals surface area (Å²) in [6.45, 7) is 6.47. The van der Waals surface area contributed by atoms with Gasteiger partial charge in [0.25, 0.3) is 0 Å². The quantitative estimate of drug-likeness (QED) is 0.677. The Morgan fingerprint density at radius 1 is 1.23 bits per heavy atom. The van der Waals surface area contributed by atoms with Crippen molar-refractivity contribution < 1.29 is 13.9 Å². The molecule has 26 heavy (non-hydrogen) atoms. The van der Waals surface area contributed by atoms with Crippen LogP contribution in [0.25, 0.3) is 6.08 Å². The highest BCUT2D eigenvalue weighted by Gasteiger charge is 2.22. The molecule has 0 bridgehead atoms. The third-order valence-corrected chi connectivity index (χ3v) is 5.74. The SMILES string of the molecule is O=C(/C=C/c1cc(Br)ccc1F)N1CCC(CCN2CCOCC2)CC1. The van der Waals surface area contributed by atoms with Gasteiger partial charge >= 0.3 is 0 Å². The number of likely N-dealkylation sites (tertiary alicyclic amines) is 1. The molecule has 0 N–H and O–H groups in total. The molecule has 2 heterocycles. The predicted molar refractivity (Wildman–Crippen MR) is 104 cm³/mol. The monoisotopic (exact) mass is 424 g/mol. The second kappa shape index (κ2) is 9.62. The van der Waals surface area contributed by atoms with Crippen molar-refractivity contribution in [2.75, 3.05) is 45.9 Å². The van der Waals surface area contributed by atoms with E-state index in [0.717, 1.165) is 63.3 Å². The van der Waals surface area contributed by atoms with Crippen LogP contribution in [0.1, 0.15) is 24.8 Å². The molecule has 3 rings (SSSR count). The lowest BCUT2D eigenvalue weighted by atomic mass is 9.93. The van der Waals surface area contributed by atoms with Crippen molar-refractivity contribution in [2.24, 2.45) is 5.92 Å². The lowest BCUT2D eigenvalue weighted by molar-refractivity contribution is -0.127. The molecule has 0 aromatic heterocycles. The first kappa shape index (κ1) is 19.5. The van der Waals surface area contributed by atoms with Crippen molar-refractivity contribution >= 4 is 27.9 Å². The minimum atomic E-state index is -0.320. The van der Waals surface area contributed by atoms with Crippen molar-refractivity contribution in [3.8, 4) is 0 Å². The summed E-state index contributed by atoms with van der Waals surface area (Å²) in [5.74, 6) is 0.337. The third-order valence-electron chi connectivity index (χ3n) is 5.25. The maximum Gasteiger partial charge on any atom is 0.246 e. The standard InChI is InChI=1S/C20H26BrFN2O2/c21-18-2-3-19(22)17(15-18)1-4-20(25)24-9-6-16(7-10-24)5-8-23-11-13-26-14-12-23/h1-4,15-16H,5-14H2/b4-1+. The maximum absolute atomic E-state index is 13.7. The Morgan fingerprint density at radius 3 is 2.69 bits per heavy atom. The summed E-state index contributed by atoms with van der Waals surface area (Å²) >= 11 is 3.32. The Hall–Kier alpha value is -1.24. The van der Waals surface area contributed by atoms with E-state index in [4.69, 9.17) is 4.74 Å². The second-order valence-corrected chi connectivity index (χ2v) is 7.93. The van der Waals surface area contributed by atoms with Crippen LogP contribution in [0.5, 0.6) is 0 Å². The molecule has 4 nitrogen and oxygen atoms in total. The predicted octanol–water partition coefficient (Wildman–Crippen LogP) is 3.56. The van der Waals surface area contributed by atoms with E-state index in [1.165, 1.54) is 18.6 Å². The normalized spacial score (nSPS) is 20.0. The minimum Gasteiger partial charge on any atom is -0.379 e. The summed E-state index contributed by atoms with van der Waals surface area (Å²) in [5.41, 5.74) is 0.424. The fraction of sp³-hybridized carbons (Fsp3) is 0.550. The number of halogens is 2. The zero-order valence-electron chi connectivity index (χ0n) is 15.0. The summed E-state index contributed by atoms with van der Waals surface area (Å²) in [4.78, 5) is 16.7. The van der Waals surface area contributed by atoms with Crippen LogP contribution in [-0.2, 0) is 9.53 Å². The van der Waals surface area contributed by atoms with Crippen LogP contribution in [0.15, 0.2) is 28.7 Å². The summed E-state index contributed by atoms with van der Waals surface area (Å²) in [7, 11) is 0. The molecule has 2 fully saturated rings. The number of hydrogen-bond donors (Lipinski definition) is 0. The Morgan fingerprint density at radius 2 is 1.96 bits per heavy atom. The number of hydrogen-bond acceptors (Lipinski definition) is 3. The average Bonchev–Trinajstić information content (AvgIpc) is 2.68. The van der Waals surface area contributed by atoms with Crippen molar-refractivity contribution in [2.45, 2.75) is 19.3 Å². The molecule has 6 heteroatoms. The third kappa shape index (κ3) is 5.63. The molecular formula is C20H26BrFN2O2. The Balaban J connectivity index is 1.43. The van der Waals surface area contributed by atoms with Crippen LogP contribution in [0, 0.1) is 11.7 Å². The molecule has 142 valence electrons. The summed E-state index contributed by atoms with van der Waals surface area (Å²) in [6.07, 6.45) is 6.34. The van der Waals surface area contributed by atoms with Crippen LogP contribution >= 0.6 is 15.9 Å². The van der Waals surface area contributed by atoms with E-state index in [1.807, 2.05) is 4.90 Å². The van der Waals surface area contributed by atoms with E-state index in [-0.39, 0.29) is 11.7 Å². The van der Waals surface area contributed by atoms with Gasteiger partial charge in [-0.2, -0.15) is 0 Å². The molecule has 1 amide bonds. The molecule has 0 unspecified atom stereocenters. The first-order chi connectivity index (χ1) is 12.6. The van der Waals surface area contributed by atoms with Crippen molar-refractivity contribution in [1.82, 2.24) is 9.80 Å². The summed E-state index contributed by atoms with van der Waals surface area (Å²) < 4.78 is 19.9. The van der Waals surface area contributed by atoms with Crippen LogP contribution in [0.4, 0.5) is 4.39 Å². The number of carbonyl (C=O) groups is 1. The van der Waals surface area contributed by atoms with E-state index >= 15 is 0 Å². The highest BCUT2D eigenvalue weighted by atomic mass is 79.9. The number of carbonyl (C=O) groups excluding carboxylic acids is 1. The molecule has 2 aliphatic heterocycles. The zero-order valence-corrected chi connectivity index (χ0v) is 16.6. The van der Waals surface area contributed by atoms with Gasteiger partial charge in [0.15, 0.2) is 0 Å². The van der Waals surface area contributed by atoms with Gasteiger partial charge < -0.3 is 9.64 Å². The van der Waals surface area contributed by atoms with Crippen molar-refractivity contribution in [1.29, 1.82) is 0 Å². The lowest BCUT2D eigenvalue weighted by Crippen LogP contribution is -2.40. The van der Waals surface area contributed by atoms with Gasteiger partial charge in [0, 0.05) is 42.3 Å². The van der Waals surface area contributed by atoms with Crippen LogP contribution < -0.4 is 0 Å². The highest BCUT2D eigenvalue weighted by molar-refractivity contribution is 9.10. The molecule has 0 radical (unpaired) electrons. The van der Waals surface area contributed by atoms with Gasteiger partial charge in [-0.15, -0.1) is 0 Å². The summed E-state index contributed by atoms with van der Waals surface area (Å²) in [5, 5.41) is 0. The fourth-order valence-electron chi connectivity index (χ4n) is 3.54. The Labute approximate surface area is 163 Å². The van der Waals surface area contributed by atoms with Crippen LogP contribution in [-0.4, -0.2) is 61.6 Å². The number of nitrogens with zero attached hydrogens (tertiary/aromatic N) is 2. The molecular weight excluding hydrogens is 399 g/mol. The highest BCUT2D eigenvalue weighted by Crippen LogP contribution is 2.22. The average molecular weight is 425 g/mol. The van der Waals surface area contributed by atoms with E-state index in [2.05, 4.69) is 20.8 Å². The largest absolute Gasteiger partial charge is 0.379 e. The van der Waals surface area contributed by atoms with Crippen LogP contribution in [0.3, 0.4) is 0 Å². The van der Waals surface area contributed by atoms with Gasteiger partial charge in [0.1, 0.15) is 5.82 Å². The number of morpholine rings is 1.